The van der Waals surface area contributed by atoms with Crippen molar-refractivity contribution in [3.8, 4) is 0 Å². The topological polar surface area (TPSA) is 54.5 Å². The Kier molecular flexibility index (Phi) is 5.77. The van der Waals surface area contributed by atoms with E-state index in [-0.39, 0.29) is 11.7 Å². The van der Waals surface area contributed by atoms with E-state index in [9.17, 15) is 13.2 Å². The highest BCUT2D eigenvalue weighted by atomic mass is 32.2. The Hall–Kier alpha value is -2.14. The number of likely N-dealkylation sites (tertiary alicyclic amines) is 1. The van der Waals surface area contributed by atoms with Gasteiger partial charge in [0.05, 0.1) is 10.6 Å². The number of piperidine rings is 1. The molecule has 2 aromatic carbocycles. The predicted octanol–water partition coefficient (Wildman–Crippen LogP) is 4.07. The van der Waals surface area contributed by atoms with Crippen molar-refractivity contribution in [3.05, 3.63) is 65.7 Å². The van der Waals surface area contributed by atoms with Crippen molar-refractivity contribution in [1.82, 2.24) is 4.90 Å². The van der Waals surface area contributed by atoms with Gasteiger partial charge in [0.15, 0.2) is 9.84 Å². The third kappa shape index (κ3) is 4.15. The van der Waals surface area contributed by atoms with E-state index in [4.69, 9.17) is 0 Å². The van der Waals surface area contributed by atoms with E-state index >= 15 is 0 Å². The maximum Gasteiger partial charge on any atom is 0.254 e. The van der Waals surface area contributed by atoms with Gasteiger partial charge in [0.2, 0.25) is 0 Å². The molecule has 1 atom stereocenters. The molecule has 1 aliphatic heterocycles. The Balaban J connectivity index is 1.73. The molecule has 1 heterocycles. The molecule has 0 radical (unpaired) electrons. The van der Waals surface area contributed by atoms with Gasteiger partial charge in [0.1, 0.15) is 0 Å². The van der Waals surface area contributed by atoms with Gasteiger partial charge in [-0.25, -0.2) is 8.42 Å². The van der Waals surface area contributed by atoms with Crippen LogP contribution in [0.5, 0.6) is 0 Å². The lowest BCUT2D eigenvalue weighted by Gasteiger charge is -2.35. The molecule has 26 heavy (non-hydrogen) atoms. The number of sulfone groups is 1. The maximum atomic E-state index is 12.8. The van der Waals surface area contributed by atoms with Crippen LogP contribution in [0, 0.1) is 0 Å². The smallest absolute Gasteiger partial charge is 0.254 e. The van der Waals surface area contributed by atoms with Gasteiger partial charge >= 0.3 is 0 Å². The number of rotatable bonds is 5. The van der Waals surface area contributed by atoms with Gasteiger partial charge in [-0.05, 0) is 55.5 Å². The minimum Gasteiger partial charge on any atom is -0.336 e. The van der Waals surface area contributed by atoms with Crippen LogP contribution in [0.1, 0.15) is 48.5 Å². The zero-order valence-electron chi connectivity index (χ0n) is 15.1. The van der Waals surface area contributed by atoms with E-state index in [1.165, 1.54) is 6.42 Å². The molecule has 0 saturated carbocycles. The lowest BCUT2D eigenvalue weighted by atomic mass is 9.98. The van der Waals surface area contributed by atoms with Crippen molar-refractivity contribution in [3.63, 3.8) is 0 Å². The molecular formula is C21H25NO3S. The molecule has 1 unspecified atom stereocenters. The number of carbonyl (C=O) groups is 1. The van der Waals surface area contributed by atoms with Crippen molar-refractivity contribution in [2.24, 2.45) is 0 Å². The Morgan fingerprint density at radius 3 is 2.38 bits per heavy atom. The van der Waals surface area contributed by atoms with Crippen LogP contribution in [0.25, 0.3) is 0 Å². The van der Waals surface area contributed by atoms with Gasteiger partial charge in [0, 0.05) is 18.2 Å². The number of amides is 1. The Bertz CT molecular complexity index is 845. The van der Waals surface area contributed by atoms with E-state index in [1.54, 1.807) is 54.6 Å². The van der Waals surface area contributed by atoms with E-state index in [2.05, 4.69) is 6.92 Å². The predicted molar refractivity (Wildman–Crippen MR) is 103 cm³/mol. The number of hydrogen-bond donors (Lipinski definition) is 0. The summed E-state index contributed by atoms with van der Waals surface area (Å²) in [4.78, 5) is 15.1. The van der Waals surface area contributed by atoms with Gasteiger partial charge in [-0.3, -0.25) is 4.79 Å². The SMILES string of the molecule is CCC1CCCCN1C(=O)c1ccc(CS(=O)(=O)c2ccccc2)cc1. The number of benzene rings is 2. The highest BCUT2D eigenvalue weighted by Gasteiger charge is 2.26. The zero-order valence-corrected chi connectivity index (χ0v) is 15.9. The van der Waals surface area contributed by atoms with Crippen molar-refractivity contribution < 1.29 is 13.2 Å². The zero-order chi connectivity index (χ0) is 18.6. The minimum atomic E-state index is -3.37. The van der Waals surface area contributed by atoms with Crippen molar-refractivity contribution in [2.45, 2.75) is 49.3 Å². The van der Waals surface area contributed by atoms with E-state index in [1.807, 2.05) is 4.90 Å². The summed E-state index contributed by atoms with van der Waals surface area (Å²) in [5, 5.41) is 0. The molecule has 138 valence electrons. The van der Waals surface area contributed by atoms with E-state index in [0.717, 1.165) is 25.8 Å². The monoisotopic (exact) mass is 371 g/mol. The summed E-state index contributed by atoms with van der Waals surface area (Å²) in [5.74, 6) is -0.0127. The van der Waals surface area contributed by atoms with Crippen LogP contribution in [-0.4, -0.2) is 31.8 Å². The largest absolute Gasteiger partial charge is 0.336 e. The first-order valence-corrected chi connectivity index (χ1v) is 10.8. The van der Waals surface area contributed by atoms with E-state index in [0.29, 0.717) is 22.1 Å². The second kappa shape index (κ2) is 8.04. The average molecular weight is 372 g/mol. The lowest BCUT2D eigenvalue weighted by molar-refractivity contribution is 0.0608. The summed E-state index contributed by atoms with van der Waals surface area (Å²) >= 11 is 0. The standard InChI is InChI=1S/C21H25NO3S/c1-2-19-8-6-7-15-22(19)21(23)18-13-11-17(12-14-18)16-26(24,25)20-9-4-3-5-10-20/h3-5,9-14,19H,2,6-8,15-16H2,1H3. The van der Waals surface area contributed by atoms with E-state index < -0.39 is 9.84 Å². The van der Waals surface area contributed by atoms with Crippen LogP contribution < -0.4 is 0 Å². The highest BCUT2D eigenvalue weighted by Crippen LogP contribution is 2.22. The van der Waals surface area contributed by atoms with Crippen molar-refractivity contribution in [1.29, 1.82) is 0 Å². The Morgan fingerprint density at radius 2 is 1.73 bits per heavy atom. The van der Waals surface area contributed by atoms with Gasteiger partial charge in [0.25, 0.3) is 5.91 Å². The Labute approximate surface area is 155 Å². The first-order chi connectivity index (χ1) is 12.5. The summed E-state index contributed by atoms with van der Waals surface area (Å²) < 4.78 is 24.9. The van der Waals surface area contributed by atoms with Crippen molar-refractivity contribution in [2.75, 3.05) is 6.54 Å². The summed E-state index contributed by atoms with van der Waals surface area (Å²) in [7, 11) is -3.37. The van der Waals surface area contributed by atoms with Gasteiger partial charge in [-0.15, -0.1) is 0 Å². The summed E-state index contributed by atoms with van der Waals surface area (Å²) in [6.07, 6.45) is 4.27. The minimum absolute atomic E-state index is 0.0500. The second-order valence-corrected chi connectivity index (χ2v) is 8.82. The van der Waals surface area contributed by atoms with Crippen LogP contribution in [0.4, 0.5) is 0 Å². The molecule has 0 spiro atoms. The fourth-order valence-corrected chi connectivity index (χ4v) is 4.90. The fourth-order valence-electron chi connectivity index (χ4n) is 3.53. The molecule has 3 rings (SSSR count). The molecule has 1 aliphatic rings. The molecule has 0 aliphatic carbocycles. The molecule has 0 N–H and O–H groups in total. The first-order valence-electron chi connectivity index (χ1n) is 9.19. The fraction of sp³-hybridized carbons (Fsp3) is 0.381. The van der Waals surface area contributed by atoms with Gasteiger partial charge < -0.3 is 4.90 Å². The van der Waals surface area contributed by atoms with Crippen molar-refractivity contribution >= 4 is 15.7 Å². The van der Waals surface area contributed by atoms with Crippen LogP contribution >= 0.6 is 0 Å². The highest BCUT2D eigenvalue weighted by molar-refractivity contribution is 7.90. The summed E-state index contributed by atoms with van der Waals surface area (Å²) in [6.45, 7) is 2.93. The lowest BCUT2D eigenvalue weighted by Crippen LogP contribution is -2.43. The normalized spacial score (nSPS) is 17.9. The first kappa shape index (κ1) is 18.6. The molecule has 1 amide bonds. The molecule has 5 heteroatoms. The third-order valence-corrected chi connectivity index (χ3v) is 6.72. The molecule has 0 aromatic heterocycles. The van der Waals surface area contributed by atoms with Crippen LogP contribution in [0.15, 0.2) is 59.5 Å². The molecule has 4 nitrogen and oxygen atoms in total. The van der Waals surface area contributed by atoms with Gasteiger partial charge in [-0.1, -0.05) is 37.3 Å². The van der Waals surface area contributed by atoms with Gasteiger partial charge in [-0.2, -0.15) is 0 Å². The molecular weight excluding hydrogens is 346 g/mol. The second-order valence-electron chi connectivity index (χ2n) is 6.83. The summed E-state index contributed by atoms with van der Waals surface area (Å²) in [5.41, 5.74) is 1.32. The molecule has 2 aromatic rings. The van der Waals surface area contributed by atoms with Crippen LogP contribution in [0.2, 0.25) is 0 Å². The molecule has 1 saturated heterocycles. The number of hydrogen-bond acceptors (Lipinski definition) is 3. The van der Waals surface area contributed by atoms with Crippen LogP contribution in [0.3, 0.4) is 0 Å². The summed E-state index contributed by atoms with van der Waals surface area (Å²) in [6, 6.07) is 15.8. The Morgan fingerprint density at radius 1 is 1.04 bits per heavy atom. The maximum absolute atomic E-state index is 12.8. The van der Waals surface area contributed by atoms with Crippen LogP contribution in [-0.2, 0) is 15.6 Å². The molecule has 0 bridgehead atoms. The molecule has 1 fully saturated rings. The third-order valence-electron chi connectivity index (χ3n) is 5.02. The number of carbonyl (C=O) groups excluding carboxylic acids is 1. The quantitative estimate of drug-likeness (QED) is 0.796. The average Bonchev–Trinajstić information content (AvgIpc) is 2.68. The number of nitrogens with zero attached hydrogens (tertiary/aromatic N) is 1.